The lowest BCUT2D eigenvalue weighted by Crippen LogP contribution is -1.94. The standard InChI is InChI=1S/C39H25N4S2/c1-4-13-26(14-5-1)34-23-31(33-25-41-43-36(33)27-15-6-2-7-16-27)32(24-40-34)37-38(45-39(42-37)28-17-8-3-9-18-28)30-20-11-10-19-29(30)35-21-12-22-44-35/h1-22,24-25H,(H,41,43). The van der Waals surface area contributed by atoms with Gasteiger partial charge in [-0.3, -0.25) is 10.1 Å². The number of nitrogens with one attached hydrogen (secondary N) is 1. The third-order valence-corrected chi connectivity index (χ3v) is 9.74. The van der Waals surface area contributed by atoms with Gasteiger partial charge in [-0.05, 0) is 11.4 Å². The Morgan fingerprint density at radius 1 is 0.578 bits per heavy atom. The molecule has 0 amide bonds. The largest absolute Gasteiger partial charge is 0.284 e. The van der Waals surface area contributed by atoms with Crippen LogP contribution in [0.15, 0.2) is 145 Å². The molecule has 4 heterocycles. The summed E-state index contributed by atoms with van der Waals surface area (Å²) >= 11 is 3.45. The number of rotatable bonds is 7. The molecule has 0 saturated carbocycles. The monoisotopic (exact) mass is 613 g/mol. The van der Waals surface area contributed by atoms with E-state index in [4.69, 9.17) is 15.1 Å². The molecular formula is C39H25N4S2. The number of hydrogen-bond acceptors (Lipinski definition) is 5. The van der Waals surface area contributed by atoms with Crippen molar-refractivity contribution in [3.05, 3.63) is 151 Å². The van der Waals surface area contributed by atoms with Crippen LogP contribution in [-0.4, -0.2) is 20.2 Å². The highest BCUT2D eigenvalue weighted by atomic mass is 32.1. The van der Waals surface area contributed by atoms with Gasteiger partial charge < -0.3 is 0 Å². The molecule has 4 nitrogen and oxygen atoms in total. The predicted molar refractivity (Wildman–Crippen MR) is 187 cm³/mol. The van der Waals surface area contributed by atoms with Gasteiger partial charge in [0.1, 0.15) is 5.01 Å². The first kappa shape index (κ1) is 27.1. The molecule has 6 heteroatoms. The smallest absolute Gasteiger partial charge is 0.124 e. The fraction of sp³-hybridized carbons (Fsp3) is 0. The summed E-state index contributed by atoms with van der Waals surface area (Å²) in [6.07, 6.45) is 3.91. The van der Waals surface area contributed by atoms with Crippen LogP contribution >= 0.6 is 22.7 Å². The zero-order valence-corrected chi connectivity index (χ0v) is 25.6. The zero-order valence-electron chi connectivity index (χ0n) is 24.0. The van der Waals surface area contributed by atoms with E-state index in [0.29, 0.717) is 0 Å². The lowest BCUT2D eigenvalue weighted by atomic mass is 9.93. The molecule has 4 aromatic carbocycles. The van der Waals surface area contributed by atoms with E-state index < -0.39 is 0 Å². The van der Waals surface area contributed by atoms with Gasteiger partial charge in [-0.2, -0.15) is 5.10 Å². The quantitative estimate of drug-likeness (QED) is 0.195. The van der Waals surface area contributed by atoms with E-state index in [1.54, 1.807) is 22.7 Å². The van der Waals surface area contributed by atoms with E-state index in [2.05, 4.69) is 101 Å². The molecule has 0 aliphatic rings. The van der Waals surface area contributed by atoms with Crippen molar-refractivity contribution in [2.24, 2.45) is 0 Å². The van der Waals surface area contributed by atoms with Gasteiger partial charge in [-0.25, -0.2) is 4.98 Å². The molecule has 0 bridgehead atoms. The fourth-order valence-electron chi connectivity index (χ4n) is 5.56. The third kappa shape index (κ3) is 5.20. The molecule has 0 aliphatic heterocycles. The number of aromatic nitrogens is 4. The molecule has 8 aromatic rings. The van der Waals surface area contributed by atoms with Crippen molar-refractivity contribution < 1.29 is 0 Å². The summed E-state index contributed by atoms with van der Waals surface area (Å²) < 4.78 is 0. The second kappa shape index (κ2) is 11.9. The molecule has 0 fully saturated rings. The van der Waals surface area contributed by atoms with E-state index in [-0.39, 0.29) is 0 Å². The minimum Gasteiger partial charge on any atom is -0.284 e. The summed E-state index contributed by atoms with van der Waals surface area (Å²) in [6.45, 7) is 0. The first-order valence-corrected chi connectivity index (χ1v) is 16.3. The van der Waals surface area contributed by atoms with Crippen molar-refractivity contribution in [2.75, 3.05) is 0 Å². The van der Waals surface area contributed by atoms with Gasteiger partial charge in [-0.1, -0.05) is 121 Å². The van der Waals surface area contributed by atoms with E-state index in [9.17, 15) is 0 Å². The van der Waals surface area contributed by atoms with Crippen LogP contribution in [0, 0.1) is 6.07 Å². The minimum absolute atomic E-state index is 0.772. The molecule has 0 saturated heterocycles. The number of aromatic amines is 1. The van der Waals surface area contributed by atoms with Crippen LogP contribution in [0.1, 0.15) is 0 Å². The Morgan fingerprint density at radius 2 is 1.24 bits per heavy atom. The van der Waals surface area contributed by atoms with Crippen LogP contribution in [0.3, 0.4) is 0 Å². The topological polar surface area (TPSA) is 54.5 Å². The van der Waals surface area contributed by atoms with Gasteiger partial charge in [0, 0.05) is 67.8 Å². The highest BCUT2D eigenvalue weighted by Crippen LogP contribution is 2.47. The maximum Gasteiger partial charge on any atom is 0.124 e. The lowest BCUT2D eigenvalue weighted by molar-refractivity contribution is 1.10. The Morgan fingerprint density at radius 3 is 1.96 bits per heavy atom. The molecule has 0 atom stereocenters. The van der Waals surface area contributed by atoms with E-state index >= 15 is 0 Å². The summed E-state index contributed by atoms with van der Waals surface area (Å²) in [5.41, 5.74) is 10.7. The van der Waals surface area contributed by atoms with Crippen LogP contribution in [0.2, 0.25) is 0 Å². The molecule has 0 spiro atoms. The van der Waals surface area contributed by atoms with Gasteiger partial charge in [0.2, 0.25) is 0 Å². The van der Waals surface area contributed by atoms with Crippen LogP contribution in [0.25, 0.3) is 76.4 Å². The molecule has 0 unspecified atom stereocenters. The molecule has 1 radical (unpaired) electrons. The normalized spacial score (nSPS) is 11.1. The van der Waals surface area contributed by atoms with Crippen LogP contribution in [0.4, 0.5) is 0 Å². The van der Waals surface area contributed by atoms with Gasteiger partial charge in [0.15, 0.2) is 0 Å². The molecule has 8 rings (SSSR count). The number of thiazole rings is 1. The number of benzene rings is 4. The maximum absolute atomic E-state index is 5.36. The van der Waals surface area contributed by atoms with E-state index in [1.165, 1.54) is 10.4 Å². The van der Waals surface area contributed by atoms with Gasteiger partial charge in [-0.15, -0.1) is 22.7 Å². The van der Waals surface area contributed by atoms with Crippen molar-refractivity contribution in [3.63, 3.8) is 0 Å². The fourth-order valence-corrected chi connectivity index (χ4v) is 7.45. The summed E-state index contributed by atoms with van der Waals surface area (Å²) in [5, 5.41) is 10.9. The van der Waals surface area contributed by atoms with Gasteiger partial charge in [0.05, 0.1) is 22.0 Å². The summed E-state index contributed by atoms with van der Waals surface area (Å²) in [6, 6.07) is 47.4. The number of nitrogens with zero attached hydrogens (tertiary/aromatic N) is 3. The number of hydrogen-bond donors (Lipinski definition) is 1. The Hall–Kier alpha value is -5.43. The minimum atomic E-state index is 0.772. The van der Waals surface area contributed by atoms with Gasteiger partial charge in [0.25, 0.3) is 0 Å². The van der Waals surface area contributed by atoms with E-state index in [0.717, 1.165) is 65.9 Å². The molecule has 0 aliphatic carbocycles. The molecule has 1 N–H and O–H groups in total. The Kier molecular flexibility index (Phi) is 7.19. The van der Waals surface area contributed by atoms with Crippen molar-refractivity contribution >= 4 is 22.7 Å². The second-order valence-electron chi connectivity index (χ2n) is 10.5. The molecule has 213 valence electrons. The van der Waals surface area contributed by atoms with Crippen molar-refractivity contribution in [1.82, 2.24) is 20.2 Å². The summed E-state index contributed by atoms with van der Waals surface area (Å²) in [7, 11) is 0. The summed E-state index contributed by atoms with van der Waals surface area (Å²) in [4.78, 5) is 12.6. The highest BCUT2D eigenvalue weighted by molar-refractivity contribution is 7.19. The van der Waals surface area contributed by atoms with Crippen LogP contribution < -0.4 is 0 Å². The van der Waals surface area contributed by atoms with Crippen LogP contribution in [-0.2, 0) is 0 Å². The SMILES string of the molecule is [c]1c(-c2ccccc2)ncc(-c2nc(-c3ccccc3)sc2-c2ccccc2-c2cccs2)c1-c1c[nH]nc1-c1ccccc1. The first-order chi connectivity index (χ1) is 22.3. The highest BCUT2D eigenvalue weighted by Gasteiger charge is 2.24. The lowest BCUT2D eigenvalue weighted by Gasteiger charge is -2.13. The van der Waals surface area contributed by atoms with E-state index in [1.807, 2.05) is 54.9 Å². The maximum atomic E-state index is 5.36. The van der Waals surface area contributed by atoms with Crippen LogP contribution in [0.5, 0.6) is 0 Å². The Balaban J connectivity index is 1.40. The van der Waals surface area contributed by atoms with Gasteiger partial charge >= 0.3 is 0 Å². The zero-order chi connectivity index (χ0) is 30.0. The Bertz CT molecular complexity index is 2200. The predicted octanol–water partition coefficient (Wildman–Crippen LogP) is 10.8. The van der Waals surface area contributed by atoms with Crippen molar-refractivity contribution in [2.45, 2.75) is 0 Å². The first-order valence-electron chi connectivity index (χ1n) is 14.6. The summed E-state index contributed by atoms with van der Waals surface area (Å²) in [5.74, 6) is 0. The third-order valence-electron chi connectivity index (χ3n) is 7.70. The number of pyridine rings is 1. The van der Waals surface area contributed by atoms with Crippen molar-refractivity contribution in [1.29, 1.82) is 0 Å². The number of H-pyrrole nitrogens is 1. The molecular weight excluding hydrogens is 589 g/mol. The molecule has 4 aromatic heterocycles. The van der Waals surface area contributed by atoms with Crippen molar-refractivity contribution in [3.8, 4) is 76.4 Å². The average molecular weight is 614 g/mol. The number of thiophene rings is 1. The average Bonchev–Trinajstić information content (AvgIpc) is 3.91. The second-order valence-corrected chi connectivity index (χ2v) is 12.4. The Labute approximate surface area is 269 Å². The molecule has 45 heavy (non-hydrogen) atoms.